The van der Waals surface area contributed by atoms with Crippen molar-refractivity contribution in [2.75, 3.05) is 4.90 Å². The van der Waals surface area contributed by atoms with Crippen LogP contribution < -0.4 is 9.63 Å². The van der Waals surface area contributed by atoms with Gasteiger partial charge in [-0.1, -0.05) is 12.1 Å². The molecular weight excluding hydrogens is 500 g/mol. The monoisotopic (exact) mass is 520 g/mol. The summed E-state index contributed by atoms with van der Waals surface area (Å²) in [6.07, 6.45) is 3.75. The summed E-state index contributed by atoms with van der Waals surface area (Å²) in [5.74, 6) is 0.392. The third-order valence-electron chi connectivity index (χ3n) is 4.76. The first-order valence-electron chi connectivity index (χ1n) is 10.4. The normalized spacial score (nSPS) is 11.3. The molecule has 1 amide bonds. The summed E-state index contributed by atoms with van der Waals surface area (Å²) in [6, 6.07) is 14.2. The number of pyridine rings is 1. The molecule has 0 saturated heterocycles. The van der Waals surface area contributed by atoms with Gasteiger partial charge in [0.15, 0.2) is 18.0 Å². The maximum absolute atomic E-state index is 13.3. The molecule has 172 valence electrons. The number of carbonyl (C=O) groups is 1. The Hall–Kier alpha value is -3.97. The van der Waals surface area contributed by atoms with Crippen molar-refractivity contribution < 1.29 is 14.3 Å². The summed E-state index contributed by atoms with van der Waals surface area (Å²) in [6.45, 7) is 5.40. The van der Waals surface area contributed by atoms with Crippen LogP contribution in [0.25, 0.3) is 16.9 Å². The number of aromatic nitrogens is 4. The molecule has 0 spiro atoms. The number of nitrogens with zero attached hydrogens (tertiary/aromatic N) is 6. The molecule has 0 unspecified atom stereocenters. The molecule has 3 heterocycles. The number of hydrogen-bond acceptors (Lipinski definition) is 6. The highest BCUT2D eigenvalue weighted by molar-refractivity contribution is 9.10. The van der Waals surface area contributed by atoms with Crippen LogP contribution in [0.1, 0.15) is 31.9 Å². The second-order valence-corrected chi connectivity index (χ2v) is 9.41. The first-order valence-corrected chi connectivity index (χ1v) is 11.2. The van der Waals surface area contributed by atoms with Crippen molar-refractivity contribution in [3.8, 4) is 17.3 Å². The van der Waals surface area contributed by atoms with E-state index in [1.165, 1.54) is 21.8 Å². The van der Waals surface area contributed by atoms with Gasteiger partial charge >= 0.3 is 6.09 Å². The lowest BCUT2D eigenvalue weighted by Crippen LogP contribution is -2.38. The topological polar surface area (TPSA) is 110 Å². The zero-order chi connectivity index (χ0) is 24.5. The fourth-order valence-corrected chi connectivity index (χ4v) is 3.69. The number of amides is 1. The average molecular weight is 521 g/mol. The van der Waals surface area contributed by atoms with E-state index in [2.05, 4.69) is 32.1 Å². The maximum Gasteiger partial charge on any atom is 0.416 e. The van der Waals surface area contributed by atoms with Crippen LogP contribution in [-0.4, -0.2) is 26.3 Å². The lowest BCUT2D eigenvalue weighted by molar-refractivity contribution is -0.605. The van der Waals surface area contributed by atoms with Crippen molar-refractivity contribution in [3.63, 3.8) is 0 Å². The zero-order valence-corrected chi connectivity index (χ0v) is 20.4. The number of ether oxygens (including phenoxy) is 1. The SMILES string of the molecule is CC(C)(C)OC(=O)N(Cc1ccc[n+]([O-])c1)c1cc(-c2cccc(C#N)c2)nc2c(Br)cnn12. The Bertz CT molecular complexity index is 1420. The van der Waals surface area contributed by atoms with E-state index in [9.17, 15) is 15.3 Å². The molecule has 4 rings (SSSR count). The van der Waals surface area contributed by atoms with Gasteiger partial charge in [0.1, 0.15) is 11.4 Å². The Morgan fingerprint density at radius 3 is 2.79 bits per heavy atom. The van der Waals surface area contributed by atoms with Gasteiger partial charge in [-0.25, -0.2) is 9.78 Å². The minimum atomic E-state index is -0.745. The highest BCUT2D eigenvalue weighted by atomic mass is 79.9. The Balaban J connectivity index is 1.91. The molecule has 0 fully saturated rings. The van der Waals surface area contributed by atoms with Crippen molar-refractivity contribution in [3.05, 3.63) is 81.9 Å². The number of anilines is 1. The molecular formula is C24H21BrN6O3. The third kappa shape index (κ3) is 5.00. The number of halogens is 1. The molecule has 1 aromatic carbocycles. The summed E-state index contributed by atoms with van der Waals surface area (Å²) in [5.41, 5.74) is 2.08. The molecule has 0 aliphatic rings. The van der Waals surface area contributed by atoms with Crippen LogP contribution in [0, 0.1) is 16.5 Å². The smallest absolute Gasteiger partial charge is 0.416 e. The lowest BCUT2D eigenvalue weighted by Gasteiger charge is -2.27. The van der Waals surface area contributed by atoms with Gasteiger partial charge in [-0.3, -0.25) is 4.90 Å². The summed E-state index contributed by atoms with van der Waals surface area (Å²) in [4.78, 5) is 19.4. The van der Waals surface area contributed by atoms with E-state index in [0.717, 1.165) is 0 Å². The van der Waals surface area contributed by atoms with Crippen LogP contribution in [0.2, 0.25) is 0 Å². The second-order valence-electron chi connectivity index (χ2n) is 8.56. The van der Waals surface area contributed by atoms with Gasteiger partial charge in [-0.2, -0.15) is 19.6 Å². The second kappa shape index (κ2) is 9.11. The fraction of sp³-hybridized carbons (Fsp3) is 0.208. The Labute approximate surface area is 204 Å². The van der Waals surface area contributed by atoms with E-state index < -0.39 is 11.7 Å². The molecule has 0 bridgehead atoms. The van der Waals surface area contributed by atoms with Crippen LogP contribution in [0.15, 0.2) is 65.5 Å². The third-order valence-corrected chi connectivity index (χ3v) is 5.32. The predicted molar refractivity (Wildman–Crippen MR) is 129 cm³/mol. The molecule has 9 nitrogen and oxygen atoms in total. The van der Waals surface area contributed by atoms with E-state index in [4.69, 9.17) is 4.74 Å². The standard InChI is InChI=1S/C24H21BrN6O3/c1-24(2,3)34-23(32)30(15-17-7-5-9-29(33)14-17)21-11-20(18-8-4-6-16(10-18)12-26)28-22-19(25)13-27-31(21)22/h4-11,13-14H,15H2,1-3H3. The Kier molecular flexibility index (Phi) is 6.22. The van der Waals surface area contributed by atoms with Crippen molar-refractivity contribution in [2.45, 2.75) is 32.9 Å². The van der Waals surface area contributed by atoms with Crippen LogP contribution in [-0.2, 0) is 11.3 Å². The number of fused-ring (bicyclic) bond motifs is 1. The summed E-state index contributed by atoms with van der Waals surface area (Å²) >= 11 is 3.47. The highest BCUT2D eigenvalue weighted by Crippen LogP contribution is 2.30. The molecule has 0 saturated carbocycles. The molecule has 10 heteroatoms. The average Bonchev–Trinajstić information content (AvgIpc) is 3.16. The van der Waals surface area contributed by atoms with Crippen LogP contribution in [0.3, 0.4) is 0 Å². The maximum atomic E-state index is 13.3. The number of hydrogen-bond donors (Lipinski definition) is 0. The van der Waals surface area contributed by atoms with Crippen LogP contribution in [0.4, 0.5) is 10.6 Å². The Morgan fingerprint density at radius 1 is 1.29 bits per heavy atom. The van der Waals surface area contributed by atoms with Gasteiger partial charge in [0.25, 0.3) is 0 Å². The van der Waals surface area contributed by atoms with E-state index in [1.54, 1.807) is 63.4 Å². The Morgan fingerprint density at radius 2 is 2.09 bits per heavy atom. The van der Waals surface area contributed by atoms with Crippen molar-refractivity contribution in [1.82, 2.24) is 14.6 Å². The summed E-state index contributed by atoms with van der Waals surface area (Å²) < 4.78 is 8.52. The van der Waals surface area contributed by atoms with Crippen LogP contribution in [0.5, 0.6) is 0 Å². The van der Waals surface area contributed by atoms with Gasteiger partial charge in [0.05, 0.1) is 34.5 Å². The first-order chi connectivity index (χ1) is 16.1. The molecule has 3 aromatic heterocycles. The van der Waals surface area contributed by atoms with E-state index in [-0.39, 0.29) is 6.54 Å². The number of carbonyl (C=O) groups excluding carboxylic acids is 1. The minimum Gasteiger partial charge on any atom is -0.619 e. The first kappa shape index (κ1) is 23.2. The largest absolute Gasteiger partial charge is 0.619 e. The molecule has 0 N–H and O–H groups in total. The number of benzene rings is 1. The van der Waals surface area contributed by atoms with Crippen LogP contribution >= 0.6 is 15.9 Å². The van der Waals surface area contributed by atoms with Gasteiger partial charge in [0.2, 0.25) is 0 Å². The van der Waals surface area contributed by atoms with E-state index in [1.807, 2.05) is 6.07 Å². The van der Waals surface area contributed by atoms with E-state index >= 15 is 0 Å². The summed E-state index contributed by atoms with van der Waals surface area (Å²) in [5, 5.41) is 25.5. The number of nitriles is 1. The fourth-order valence-electron chi connectivity index (χ4n) is 3.34. The van der Waals surface area contributed by atoms with Crippen molar-refractivity contribution in [2.24, 2.45) is 0 Å². The molecule has 0 aliphatic carbocycles. The van der Waals surface area contributed by atoms with Gasteiger partial charge in [-0.15, -0.1) is 0 Å². The molecule has 0 aliphatic heterocycles. The van der Waals surface area contributed by atoms with E-state index in [0.29, 0.717) is 43.1 Å². The quantitative estimate of drug-likeness (QED) is 0.287. The van der Waals surface area contributed by atoms with Crippen molar-refractivity contribution in [1.29, 1.82) is 5.26 Å². The van der Waals surface area contributed by atoms with Gasteiger partial charge in [-0.05, 0) is 54.9 Å². The number of rotatable bonds is 4. The lowest BCUT2D eigenvalue weighted by atomic mass is 10.1. The van der Waals surface area contributed by atoms with Crippen molar-refractivity contribution >= 4 is 33.5 Å². The molecule has 0 radical (unpaired) electrons. The molecule has 4 aromatic rings. The summed E-state index contributed by atoms with van der Waals surface area (Å²) in [7, 11) is 0. The molecule has 0 atom stereocenters. The highest BCUT2D eigenvalue weighted by Gasteiger charge is 2.27. The zero-order valence-electron chi connectivity index (χ0n) is 18.8. The minimum absolute atomic E-state index is 0.0618. The van der Waals surface area contributed by atoms with Gasteiger partial charge < -0.3 is 9.94 Å². The molecule has 34 heavy (non-hydrogen) atoms. The predicted octanol–water partition coefficient (Wildman–Crippen LogP) is 4.61. The van der Waals surface area contributed by atoms with Gasteiger partial charge in [0, 0.05) is 23.3 Å².